The van der Waals surface area contributed by atoms with Gasteiger partial charge in [-0.15, -0.1) is 3.89 Å². The van der Waals surface area contributed by atoms with Gasteiger partial charge in [0, 0.05) is 13.0 Å². The van der Waals surface area contributed by atoms with Gasteiger partial charge in [-0.1, -0.05) is 6.07 Å². The molecule has 1 saturated heterocycles. The molecule has 1 aliphatic heterocycles. The summed E-state index contributed by atoms with van der Waals surface area (Å²) in [6.07, 6.45) is -0.342. The van der Waals surface area contributed by atoms with Crippen molar-refractivity contribution in [1.82, 2.24) is 0 Å². The summed E-state index contributed by atoms with van der Waals surface area (Å²) in [5.74, 6) is -0.428. The molecule has 1 fully saturated rings. The van der Waals surface area contributed by atoms with Crippen LogP contribution in [0.15, 0.2) is 12.1 Å². The van der Waals surface area contributed by atoms with Gasteiger partial charge in [0.25, 0.3) is 0 Å². The molecule has 1 atom stereocenters. The van der Waals surface area contributed by atoms with Gasteiger partial charge in [0.1, 0.15) is 5.25 Å². The third-order valence-electron chi connectivity index (χ3n) is 3.29. The van der Waals surface area contributed by atoms with Crippen LogP contribution in [0.3, 0.4) is 0 Å². The van der Waals surface area contributed by atoms with E-state index in [4.69, 9.17) is 5.73 Å². The normalized spacial score (nSPS) is 20.1. The molecule has 1 heterocycles. The quantitative estimate of drug-likeness (QED) is 0.656. The summed E-state index contributed by atoms with van der Waals surface area (Å²) in [7, 11) is -4.71. The minimum atomic E-state index is -4.71. The number of halogens is 1. The van der Waals surface area contributed by atoms with Gasteiger partial charge in [-0.2, -0.15) is 8.42 Å². The first-order valence-electron chi connectivity index (χ1n) is 5.80. The van der Waals surface area contributed by atoms with Gasteiger partial charge in [0.2, 0.25) is 5.91 Å². The second-order valence-corrected chi connectivity index (χ2v) is 6.44. The molecule has 0 spiro atoms. The Kier molecular flexibility index (Phi) is 3.25. The first kappa shape index (κ1) is 13.8. The third kappa shape index (κ3) is 2.56. The van der Waals surface area contributed by atoms with E-state index < -0.39 is 21.4 Å². The van der Waals surface area contributed by atoms with Crippen LogP contribution in [0.4, 0.5) is 15.3 Å². The van der Waals surface area contributed by atoms with Crippen molar-refractivity contribution in [2.45, 2.75) is 25.5 Å². The zero-order valence-corrected chi connectivity index (χ0v) is 11.5. The Morgan fingerprint density at radius 3 is 2.53 bits per heavy atom. The first-order chi connectivity index (χ1) is 8.70. The predicted molar refractivity (Wildman–Crippen MR) is 71.1 cm³/mol. The third-order valence-corrected chi connectivity index (χ3v) is 4.40. The molecular formula is C12H15FN2O3S. The van der Waals surface area contributed by atoms with Gasteiger partial charge in [-0.25, -0.2) is 0 Å². The molecular weight excluding hydrogens is 271 g/mol. The van der Waals surface area contributed by atoms with Crippen LogP contribution >= 0.6 is 0 Å². The highest BCUT2D eigenvalue weighted by molar-refractivity contribution is 7.87. The molecule has 19 heavy (non-hydrogen) atoms. The maximum atomic E-state index is 13.0. The summed E-state index contributed by atoms with van der Waals surface area (Å²) in [5, 5.41) is -1.31. The molecule has 7 heteroatoms. The summed E-state index contributed by atoms with van der Waals surface area (Å²) in [4.78, 5) is 13.1. The maximum absolute atomic E-state index is 13.0. The lowest BCUT2D eigenvalue weighted by atomic mass is 10.1. The van der Waals surface area contributed by atoms with Crippen molar-refractivity contribution in [2.24, 2.45) is 0 Å². The van der Waals surface area contributed by atoms with Crippen LogP contribution in [0.25, 0.3) is 0 Å². The number of anilines is 2. The van der Waals surface area contributed by atoms with Crippen LogP contribution in [0.2, 0.25) is 0 Å². The maximum Gasteiger partial charge on any atom is 0.307 e. The fourth-order valence-electron chi connectivity index (χ4n) is 2.28. The van der Waals surface area contributed by atoms with E-state index in [9.17, 15) is 17.1 Å². The van der Waals surface area contributed by atoms with Crippen LogP contribution in [-0.4, -0.2) is 26.1 Å². The molecule has 2 N–H and O–H groups in total. The molecule has 1 aromatic carbocycles. The summed E-state index contributed by atoms with van der Waals surface area (Å²) in [5.41, 5.74) is 8.48. The second-order valence-electron chi connectivity index (χ2n) is 4.82. The van der Waals surface area contributed by atoms with Gasteiger partial charge < -0.3 is 10.6 Å². The number of hydrogen-bond acceptors (Lipinski definition) is 4. The number of nitrogens with two attached hydrogens (primary N) is 1. The van der Waals surface area contributed by atoms with Crippen molar-refractivity contribution in [1.29, 1.82) is 0 Å². The van der Waals surface area contributed by atoms with Crippen LogP contribution in [-0.2, 0) is 15.0 Å². The van der Waals surface area contributed by atoms with Crippen molar-refractivity contribution in [3.05, 3.63) is 23.3 Å². The van der Waals surface area contributed by atoms with E-state index in [1.807, 2.05) is 13.0 Å². The van der Waals surface area contributed by atoms with Gasteiger partial charge in [-0.05, 0) is 31.0 Å². The number of carbonyl (C=O) groups is 1. The Morgan fingerprint density at radius 2 is 2.00 bits per heavy atom. The largest absolute Gasteiger partial charge is 0.397 e. The van der Waals surface area contributed by atoms with E-state index in [1.165, 1.54) is 4.90 Å². The predicted octanol–water partition coefficient (Wildman–Crippen LogP) is 1.29. The smallest absolute Gasteiger partial charge is 0.307 e. The number of carbonyl (C=O) groups excluding carboxylic acids is 1. The Labute approximate surface area is 111 Å². The Morgan fingerprint density at radius 1 is 1.37 bits per heavy atom. The number of hydrogen-bond donors (Lipinski definition) is 1. The highest BCUT2D eigenvalue weighted by Gasteiger charge is 2.39. The number of benzene rings is 1. The van der Waals surface area contributed by atoms with Crippen LogP contribution in [0.1, 0.15) is 17.5 Å². The highest BCUT2D eigenvalue weighted by atomic mass is 32.3. The standard InChI is InChI=1S/C12H15FN2O3S/c1-7-3-8(2)12(14)10(4-7)15-6-9(5-11(15)16)19(13,17)18/h3-4,9H,5-6,14H2,1-2H3. The number of aryl methyl sites for hydroxylation is 2. The number of nitrogens with zero attached hydrogens (tertiary/aromatic N) is 1. The van der Waals surface area contributed by atoms with Crippen molar-refractivity contribution in [2.75, 3.05) is 17.2 Å². The van der Waals surface area contributed by atoms with E-state index in [2.05, 4.69) is 0 Å². The Hall–Kier alpha value is -1.63. The van der Waals surface area contributed by atoms with Gasteiger partial charge in [-0.3, -0.25) is 4.79 Å². The minimum Gasteiger partial charge on any atom is -0.397 e. The van der Waals surface area contributed by atoms with E-state index in [1.54, 1.807) is 13.0 Å². The van der Waals surface area contributed by atoms with Crippen LogP contribution in [0.5, 0.6) is 0 Å². The van der Waals surface area contributed by atoms with Crippen LogP contribution in [0, 0.1) is 13.8 Å². The average Bonchev–Trinajstić information content (AvgIpc) is 2.65. The lowest BCUT2D eigenvalue weighted by Gasteiger charge is -2.20. The number of amides is 1. The van der Waals surface area contributed by atoms with Crippen molar-refractivity contribution < 1.29 is 17.1 Å². The molecule has 1 amide bonds. The lowest BCUT2D eigenvalue weighted by molar-refractivity contribution is -0.117. The summed E-state index contributed by atoms with van der Waals surface area (Å²) < 4.78 is 34.8. The van der Waals surface area contributed by atoms with Crippen molar-refractivity contribution in [3.63, 3.8) is 0 Å². The van der Waals surface area contributed by atoms with E-state index in [0.717, 1.165) is 11.1 Å². The molecule has 0 bridgehead atoms. The molecule has 5 nitrogen and oxygen atoms in total. The molecule has 0 aromatic heterocycles. The first-order valence-corrected chi connectivity index (χ1v) is 7.25. The van der Waals surface area contributed by atoms with E-state index in [-0.39, 0.29) is 13.0 Å². The number of nitrogen functional groups attached to an aromatic ring is 1. The van der Waals surface area contributed by atoms with Crippen molar-refractivity contribution in [3.8, 4) is 0 Å². The topological polar surface area (TPSA) is 80.5 Å². The summed E-state index contributed by atoms with van der Waals surface area (Å²) >= 11 is 0. The molecule has 1 aromatic rings. The van der Waals surface area contributed by atoms with Gasteiger partial charge in [0.05, 0.1) is 11.4 Å². The Bertz CT molecular complexity index is 643. The monoisotopic (exact) mass is 286 g/mol. The number of rotatable bonds is 2. The second kappa shape index (κ2) is 4.48. The fourth-order valence-corrected chi connectivity index (χ4v) is 2.94. The van der Waals surface area contributed by atoms with Gasteiger partial charge >= 0.3 is 10.2 Å². The molecule has 0 radical (unpaired) electrons. The van der Waals surface area contributed by atoms with Crippen molar-refractivity contribution >= 4 is 27.5 Å². The van der Waals surface area contributed by atoms with E-state index >= 15 is 0 Å². The molecule has 1 aliphatic rings. The average molecular weight is 286 g/mol. The SMILES string of the molecule is Cc1cc(C)c(N)c(N2CC(S(=O)(=O)F)CC2=O)c1. The molecule has 0 aliphatic carbocycles. The minimum absolute atomic E-state index is 0.190. The van der Waals surface area contributed by atoms with Crippen LogP contribution < -0.4 is 10.6 Å². The lowest BCUT2D eigenvalue weighted by Crippen LogP contribution is -2.28. The summed E-state index contributed by atoms with van der Waals surface area (Å²) in [6.45, 7) is 3.46. The zero-order chi connectivity index (χ0) is 14.4. The fraction of sp³-hybridized carbons (Fsp3) is 0.417. The van der Waals surface area contributed by atoms with E-state index in [0.29, 0.717) is 11.4 Å². The molecule has 104 valence electrons. The molecule has 0 saturated carbocycles. The zero-order valence-electron chi connectivity index (χ0n) is 10.7. The molecule has 1 unspecified atom stereocenters. The summed E-state index contributed by atoms with van der Waals surface area (Å²) in [6, 6.07) is 3.57. The molecule has 2 rings (SSSR count). The Balaban J connectivity index is 2.41. The van der Waals surface area contributed by atoms with Gasteiger partial charge in [0.15, 0.2) is 0 Å². The highest BCUT2D eigenvalue weighted by Crippen LogP contribution is 2.33.